The number of aromatic amines is 2. The summed E-state index contributed by atoms with van der Waals surface area (Å²) in [6.45, 7) is 1.97. The molecule has 6 heteroatoms. The predicted molar refractivity (Wildman–Crippen MR) is 58.2 cm³/mol. The number of hydrogen-bond donors (Lipinski definition) is 4. The van der Waals surface area contributed by atoms with Gasteiger partial charge in [0.15, 0.2) is 5.71 Å². The van der Waals surface area contributed by atoms with Crippen molar-refractivity contribution in [2.45, 2.75) is 19.8 Å². The highest BCUT2D eigenvalue weighted by Gasteiger charge is 2.15. The molecule has 1 aromatic rings. The third kappa shape index (κ3) is 2.34. The molecular formula is C9H15N4O2+. The van der Waals surface area contributed by atoms with Crippen LogP contribution in [0.5, 0.6) is 0 Å². The van der Waals surface area contributed by atoms with Crippen LogP contribution in [-0.4, -0.2) is 22.7 Å². The highest BCUT2D eigenvalue weighted by atomic mass is 16.2. The quantitative estimate of drug-likeness (QED) is 0.453. The van der Waals surface area contributed by atoms with Crippen molar-refractivity contribution in [3.8, 4) is 0 Å². The molecule has 1 aromatic heterocycles. The maximum absolute atomic E-state index is 11.4. The van der Waals surface area contributed by atoms with Crippen LogP contribution in [0.1, 0.15) is 25.5 Å². The third-order valence-electron chi connectivity index (χ3n) is 2.03. The summed E-state index contributed by atoms with van der Waals surface area (Å²) < 4.78 is 0. The Morgan fingerprint density at radius 3 is 2.60 bits per heavy atom. The van der Waals surface area contributed by atoms with E-state index in [1.807, 2.05) is 6.92 Å². The maximum atomic E-state index is 11.4. The molecule has 15 heavy (non-hydrogen) atoms. The van der Waals surface area contributed by atoms with Gasteiger partial charge in [-0.25, -0.2) is 4.79 Å². The summed E-state index contributed by atoms with van der Waals surface area (Å²) in [6.07, 6.45) is 1.48. The summed E-state index contributed by atoms with van der Waals surface area (Å²) in [5, 5.41) is 8.49. The molecule has 0 saturated heterocycles. The van der Waals surface area contributed by atoms with Gasteiger partial charge in [-0.2, -0.15) is 0 Å². The molecule has 0 aliphatic rings. The molecule has 0 unspecified atom stereocenters. The van der Waals surface area contributed by atoms with Crippen molar-refractivity contribution in [2.75, 3.05) is 12.4 Å². The highest BCUT2D eigenvalue weighted by molar-refractivity contribution is 5.98. The molecule has 1 heterocycles. The van der Waals surface area contributed by atoms with Crippen molar-refractivity contribution < 1.29 is 5.41 Å². The molecule has 0 bridgehead atoms. The van der Waals surface area contributed by atoms with E-state index in [9.17, 15) is 9.59 Å². The molecule has 0 atom stereocenters. The lowest BCUT2D eigenvalue weighted by atomic mass is 10.1. The van der Waals surface area contributed by atoms with Crippen molar-refractivity contribution in [2.24, 2.45) is 0 Å². The van der Waals surface area contributed by atoms with Crippen LogP contribution in [0, 0.1) is 0 Å². The zero-order valence-corrected chi connectivity index (χ0v) is 8.81. The number of rotatable bonds is 4. The van der Waals surface area contributed by atoms with E-state index in [1.165, 1.54) is 0 Å². The molecule has 0 amide bonds. The Balaban J connectivity index is 3.32. The molecule has 1 rings (SSSR count). The minimum atomic E-state index is -0.548. The zero-order chi connectivity index (χ0) is 11.4. The maximum Gasteiger partial charge on any atom is 0.326 e. The molecule has 0 radical (unpaired) electrons. The van der Waals surface area contributed by atoms with Crippen molar-refractivity contribution in [1.29, 1.82) is 0 Å². The predicted octanol–water partition coefficient (Wildman–Crippen LogP) is -1.55. The Morgan fingerprint density at radius 1 is 1.40 bits per heavy atom. The van der Waals surface area contributed by atoms with Crippen LogP contribution in [0.2, 0.25) is 0 Å². The number of anilines is 1. The molecule has 82 valence electrons. The van der Waals surface area contributed by atoms with Crippen LogP contribution in [0.4, 0.5) is 5.69 Å². The number of hydrogen-bond acceptors (Lipinski definition) is 3. The first-order valence-electron chi connectivity index (χ1n) is 4.76. The molecule has 0 aliphatic heterocycles. The van der Waals surface area contributed by atoms with Gasteiger partial charge in [0.2, 0.25) is 0 Å². The van der Waals surface area contributed by atoms with Crippen molar-refractivity contribution in [3.05, 3.63) is 26.5 Å². The van der Waals surface area contributed by atoms with E-state index in [-0.39, 0.29) is 0 Å². The van der Waals surface area contributed by atoms with Gasteiger partial charge in [0.05, 0.1) is 0 Å². The van der Waals surface area contributed by atoms with Crippen molar-refractivity contribution in [1.82, 2.24) is 9.97 Å². The van der Waals surface area contributed by atoms with Gasteiger partial charge in [0.1, 0.15) is 11.4 Å². The summed E-state index contributed by atoms with van der Waals surface area (Å²) in [7, 11) is 1.60. The number of nitrogens with one attached hydrogen (secondary N) is 3. The minimum absolute atomic E-state index is 0.292. The Labute approximate surface area is 86.3 Å². The summed E-state index contributed by atoms with van der Waals surface area (Å²) in [5.74, 6) is 0. The van der Waals surface area contributed by atoms with Gasteiger partial charge >= 0.3 is 5.69 Å². The van der Waals surface area contributed by atoms with Crippen molar-refractivity contribution >= 4 is 11.4 Å². The summed E-state index contributed by atoms with van der Waals surface area (Å²) in [5.41, 5.74) is 0.169. The lowest BCUT2D eigenvalue weighted by Gasteiger charge is -2.04. The first-order valence-corrected chi connectivity index (χ1v) is 4.76. The molecule has 0 spiro atoms. The van der Waals surface area contributed by atoms with Gasteiger partial charge in [-0.15, -0.1) is 0 Å². The van der Waals surface area contributed by atoms with Crippen LogP contribution < -0.4 is 22.0 Å². The number of H-pyrrole nitrogens is 2. The Hall–Kier alpha value is -1.85. The second kappa shape index (κ2) is 4.59. The monoisotopic (exact) mass is 211 g/mol. The SMILES string of the molecule is CCCC(=[NH2+])c1[nH]c(=O)[nH]c(=O)c1NC. The number of aromatic nitrogens is 2. The first kappa shape index (κ1) is 11.2. The standard InChI is InChI=1S/C9H14N4O2/c1-3-4-5(10)6-7(11-2)8(14)13-9(15)12-6/h10-11H,3-4H2,1-2H3,(H2,12,13,14,15)/p+1. The van der Waals surface area contributed by atoms with E-state index in [4.69, 9.17) is 5.41 Å². The molecule has 0 aliphatic carbocycles. The Kier molecular flexibility index (Phi) is 3.43. The Morgan fingerprint density at radius 2 is 2.07 bits per heavy atom. The average Bonchev–Trinajstić information content (AvgIpc) is 2.17. The molecule has 5 N–H and O–H groups in total. The minimum Gasteiger partial charge on any atom is -0.382 e. The molecule has 0 aromatic carbocycles. The molecule has 0 saturated carbocycles. The van der Waals surface area contributed by atoms with E-state index in [0.29, 0.717) is 23.5 Å². The highest BCUT2D eigenvalue weighted by Crippen LogP contribution is 2.05. The number of nitrogens with two attached hydrogens (primary N) is 1. The molecule has 6 nitrogen and oxygen atoms in total. The fraction of sp³-hybridized carbons (Fsp3) is 0.444. The van der Waals surface area contributed by atoms with Gasteiger partial charge in [0.25, 0.3) is 5.56 Å². The largest absolute Gasteiger partial charge is 0.382 e. The topological polar surface area (TPSA) is 103 Å². The van der Waals surface area contributed by atoms with Gasteiger partial charge in [-0.05, 0) is 6.42 Å². The van der Waals surface area contributed by atoms with Crippen LogP contribution >= 0.6 is 0 Å². The third-order valence-corrected chi connectivity index (χ3v) is 2.03. The zero-order valence-electron chi connectivity index (χ0n) is 8.81. The van der Waals surface area contributed by atoms with E-state index in [0.717, 1.165) is 6.42 Å². The summed E-state index contributed by atoms with van der Waals surface area (Å²) in [6, 6.07) is 0. The summed E-state index contributed by atoms with van der Waals surface area (Å²) in [4.78, 5) is 27.1. The Bertz CT molecular complexity index is 472. The fourth-order valence-electron chi connectivity index (χ4n) is 1.36. The van der Waals surface area contributed by atoms with Gasteiger partial charge in [-0.3, -0.25) is 15.2 Å². The van der Waals surface area contributed by atoms with Gasteiger partial charge in [0, 0.05) is 13.5 Å². The van der Waals surface area contributed by atoms with Crippen LogP contribution in [0.3, 0.4) is 0 Å². The normalized spacial score (nSPS) is 10.0. The van der Waals surface area contributed by atoms with Crippen LogP contribution in [0.25, 0.3) is 0 Å². The van der Waals surface area contributed by atoms with E-state index < -0.39 is 11.2 Å². The second-order valence-electron chi connectivity index (χ2n) is 3.18. The lowest BCUT2D eigenvalue weighted by molar-refractivity contribution is -0.115. The average molecular weight is 211 g/mol. The fourth-order valence-corrected chi connectivity index (χ4v) is 1.36. The van der Waals surface area contributed by atoms with E-state index >= 15 is 0 Å². The van der Waals surface area contributed by atoms with Crippen LogP contribution in [-0.2, 0) is 0 Å². The van der Waals surface area contributed by atoms with Crippen molar-refractivity contribution in [3.63, 3.8) is 0 Å². The molecular weight excluding hydrogens is 196 g/mol. The van der Waals surface area contributed by atoms with Gasteiger partial charge < -0.3 is 10.3 Å². The second-order valence-corrected chi connectivity index (χ2v) is 3.18. The summed E-state index contributed by atoms with van der Waals surface area (Å²) >= 11 is 0. The molecule has 0 fully saturated rings. The smallest absolute Gasteiger partial charge is 0.326 e. The van der Waals surface area contributed by atoms with Gasteiger partial charge in [-0.1, -0.05) is 6.92 Å². The van der Waals surface area contributed by atoms with E-state index in [1.54, 1.807) is 7.05 Å². The van der Waals surface area contributed by atoms with Crippen LogP contribution in [0.15, 0.2) is 9.59 Å². The van der Waals surface area contributed by atoms with E-state index in [2.05, 4.69) is 15.3 Å². The lowest BCUT2D eigenvalue weighted by Crippen LogP contribution is -2.43. The first-order chi connectivity index (χ1) is 7.10.